The number of aliphatic hydroxyl groups is 1. The zero-order chi connectivity index (χ0) is 15.9. The third-order valence-corrected chi connectivity index (χ3v) is 3.05. The van der Waals surface area contributed by atoms with Crippen molar-refractivity contribution < 1.29 is 23.0 Å². The minimum Gasteiger partial charge on any atom is -0.389 e. The number of ether oxygens (including phenoxy) is 1. The fraction of sp³-hybridized carbons (Fsp3) is 0.600. The third-order valence-electron chi connectivity index (χ3n) is 3.05. The molecule has 0 spiro atoms. The molecule has 0 amide bonds. The highest BCUT2D eigenvalue weighted by Crippen LogP contribution is 2.31. The standard InChI is InChI=1S/C15H22F3NO2/c1-3-4-7-21-10-13(20)9-19-14-8-12(15(16,17)18)6-5-11(14)2/h5-6,8,13,19-20H,3-4,7,9-10H2,1-2H3. The summed E-state index contributed by atoms with van der Waals surface area (Å²) < 4.78 is 43.2. The number of hydrogen-bond acceptors (Lipinski definition) is 3. The molecule has 3 nitrogen and oxygen atoms in total. The maximum absolute atomic E-state index is 12.6. The number of unbranched alkanes of at least 4 members (excludes halogenated alkanes) is 1. The Balaban J connectivity index is 2.51. The summed E-state index contributed by atoms with van der Waals surface area (Å²) >= 11 is 0. The number of benzene rings is 1. The molecular weight excluding hydrogens is 283 g/mol. The highest BCUT2D eigenvalue weighted by Gasteiger charge is 2.30. The van der Waals surface area contributed by atoms with E-state index in [4.69, 9.17) is 4.74 Å². The quantitative estimate of drug-likeness (QED) is 0.721. The van der Waals surface area contributed by atoms with Crippen molar-refractivity contribution in [3.8, 4) is 0 Å². The topological polar surface area (TPSA) is 41.5 Å². The second-order valence-corrected chi connectivity index (χ2v) is 4.99. The number of halogens is 3. The minimum absolute atomic E-state index is 0.147. The zero-order valence-electron chi connectivity index (χ0n) is 12.3. The molecule has 1 atom stereocenters. The average molecular weight is 305 g/mol. The van der Waals surface area contributed by atoms with Gasteiger partial charge in [-0.1, -0.05) is 19.4 Å². The molecule has 0 aromatic heterocycles. The van der Waals surface area contributed by atoms with Gasteiger partial charge in [0.25, 0.3) is 0 Å². The van der Waals surface area contributed by atoms with Gasteiger partial charge in [-0.15, -0.1) is 0 Å². The molecule has 0 saturated carbocycles. The van der Waals surface area contributed by atoms with E-state index in [-0.39, 0.29) is 13.2 Å². The van der Waals surface area contributed by atoms with Crippen LogP contribution < -0.4 is 5.32 Å². The number of hydrogen-bond donors (Lipinski definition) is 2. The summed E-state index contributed by atoms with van der Waals surface area (Å²) in [6.07, 6.45) is -3.19. The molecule has 0 aliphatic rings. The molecule has 0 fully saturated rings. The van der Waals surface area contributed by atoms with E-state index < -0.39 is 17.8 Å². The summed E-state index contributed by atoms with van der Waals surface area (Å²) in [5.41, 5.74) is 0.365. The van der Waals surface area contributed by atoms with Crippen molar-refractivity contribution in [3.05, 3.63) is 29.3 Å². The van der Waals surface area contributed by atoms with Crippen LogP contribution in [0.4, 0.5) is 18.9 Å². The zero-order valence-corrected chi connectivity index (χ0v) is 12.3. The summed E-state index contributed by atoms with van der Waals surface area (Å²) in [4.78, 5) is 0. The lowest BCUT2D eigenvalue weighted by atomic mass is 10.1. The minimum atomic E-state index is -4.37. The lowest BCUT2D eigenvalue weighted by Crippen LogP contribution is -2.25. The van der Waals surface area contributed by atoms with E-state index in [1.54, 1.807) is 6.92 Å². The molecule has 0 aliphatic carbocycles. The molecule has 0 saturated heterocycles. The van der Waals surface area contributed by atoms with Crippen LogP contribution >= 0.6 is 0 Å². The number of nitrogens with one attached hydrogen (secondary N) is 1. The smallest absolute Gasteiger partial charge is 0.389 e. The summed E-state index contributed by atoms with van der Waals surface area (Å²) in [6, 6.07) is 3.51. The molecule has 2 N–H and O–H groups in total. The Morgan fingerprint density at radius 3 is 2.67 bits per heavy atom. The fourth-order valence-electron chi connectivity index (χ4n) is 1.74. The Kier molecular flexibility index (Phi) is 6.98. The summed E-state index contributed by atoms with van der Waals surface area (Å²) in [5, 5.41) is 12.6. The van der Waals surface area contributed by atoms with Gasteiger partial charge in [0.2, 0.25) is 0 Å². The molecule has 120 valence electrons. The van der Waals surface area contributed by atoms with Gasteiger partial charge >= 0.3 is 6.18 Å². The van der Waals surface area contributed by atoms with E-state index in [1.165, 1.54) is 6.07 Å². The third kappa shape index (κ3) is 6.35. The first-order chi connectivity index (χ1) is 9.84. The largest absolute Gasteiger partial charge is 0.416 e. The molecule has 0 bridgehead atoms. The maximum Gasteiger partial charge on any atom is 0.416 e. The second kappa shape index (κ2) is 8.24. The van der Waals surface area contributed by atoms with Crippen LogP contribution in [0.1, 0.15) is 30.9 Å². The number of aryl methyl sites for hydroxylation is 1. The van der Waals surface area contributed by atoms with Gasteiger partial charge < -0.3 is 15.2 Å². The molecule has 1 rings (SSSR count). The Morgan fingerprint density at radius 2 is 2.05 bits per heavy atom. The first-order valence-electron chi connectivity index (χ1n) is 7.02. The highest BCUT2D eigenvalue weighted by molar-refractivity contribution is 5.53. The van der Waals surface area contributed by atoms with Crippen LogP contribution in [0.5, 0.6) is 0 Å². The molecule has 21 heavy (non-hydrogen) atoms. The number of anilines is 1. The molecule has 0 radical (unpaired) electrons. The summed E-state index contributed by atoms with van der Waals surface area (Å²) in [7, 11) is 0. The molecule has 1 aromatic rings. The van der Waals surface area contributed by atoms with Crippen LogP contribution in [0.25, 0.3) is 0 Å². The lowest BCUT2D eigenvalue weighted by Gasteiger charge is -2.16. The van der Waals surface area contributed by atoms with E-state index in [0.29, 0.717) is 17.9 Å². The van der Waals surface area contributed by atoms with Crippen molar-refractivity contribution in [2.75, 3.05) is 25.1 Å². The maximum atomic E-state index is 12.6. The molecular formula is C15H22F3NO2. The van der Waals surface area contributed by atoms with Crippen molar-refractivity contribution in [1.29, 1.82) is 0 Å². The van der Waals surface area contributed by atoms with Gasteiger partial charge in [0.1, 0.15) is 0 Å². The predicted octanol–water partition coefficient (Wildman–Crippen LogP) is 3.60. The number of alkyl halides is 3. The van der Waals surface area contributed by atoms with Crippen LogP contribution in [0.15, 0.2) is 18.2 Å². The van der Waals surface area contributed by atoms with Crippen LogP contribution in [0, 0.1) is 6.92 Å². The Labute approximate surface area is 123 Å². The molecule has 0 aliphatic heterocycles. The number of rotatable bonds is 8. The second-order valence-electron chi connectivity index (χ2n) is 4.99. The monoisotopic (exact) mass is 305 g/mol. The van der Waals surface area contributed by atoms with Crippen LogP contribution in [0.3, 0.4) is 0 Å². The normalized spacial score (nSPS) is 13.2. The van der Waals surface area contributed by atoms with Crippen molar-refractivity contribution in [2.24, 2.45) is 0 Å². The van der Waals surface area contributed by atoms with E-state index in [1.807, 2.05) is 6.92 Å². The van der Waals surface area contributed by atoms with Crippen LogP contribution in [-0.2, 0) is 10.9 Å². The van der Waals surface area contributed by atoms with E-state index in [2.05, 4.69) is 5.32 Å². The first kappa shape index (κ1) is 17.8. The van der Waals surface area contributed by atoms with Gasteiger partial charge in [-0.05, 0) is 31.0 Å². The van der Waals surface area contributed by atoms with Gasteiger partial charge in [0.05, 0.1) is 18.3 Å². The SMILES string of the molecule is CCCCOCC(O)CNc1cc(C(F)(F)F)ccc1C. The van der Waals surface area contributed by atoms with Crippen molar-refractivity contribution in [1.82, 2.24) is 0 Å². The van der Waals surface area contributed by atoms with Gasteiger partial charge in [0, 0.05) is 18.8 Å². The van der Waals surface area contributed by atoms with Gasteiger partial charge in [0.15, 0.2) is 0 Å². The molecule has 1 unspecified atom stereocenters. The van der Waals surface area contributed by atoms with Gasteiger partial charge in [-0.3, -0.25) is 0 Å². The van der Waals surface area contributed by atoms with Crippen LogP contribution in [0.2, 0.25) is 0 Å². The van der Waals surface area contributed by atoms with E-state index in [9.17, 15) is 18.3 Å². The van der Waals surface area contributed by atoms with Crippen molar-refractivity contribution >= 4 is 5.69 Å². The van der Waals surface area contributed by atoms with E-state index >= 15 is 0 Å². The lowest BCUT2D eigenvalue weighted by molar-refractivity contribution is -0.137. The summed E-state index contributed by atoms with van der Waals surface area (Å²) in [5.74, 6) is 0. The summed E-state index contributed by atoms with van der Waals surface area (Å²) in [6.45, 7) is 4.65. The van der Waals surface area contributed by atoms with Crippen molar-refractivity contribution in [2.45, 2.75) is 39.0 Å². The van der Waals surface area contributed by atoms with Crippen LogP contribution in [-0.4, -0.2) is 31.0 Å². The molecule has 0 heterocycles. The van der Waals surface area contributed by atoms with Gasteiger partial charge in [-0.25, -0.2) is 0 Å². The fourth-order valence-corrected chi connectivity index (χ4v) is 1.74. The Morgan fingerprint density at radius 1 is 1.33 bits per heavy atom. The van der Waals surface area contributed by atoms with E-state index in [0.717, 1.165) is 25.0 Å². The highest BCUT2D eigenvalue weighted by atomic mass is 19.4. The van der Waals surface area contributed by atoms with Crippen molar-refractivity contribution in [3.63, 3.8) is 0 Å². The average Bonchev–Trinajstić information content (AvgIpc) is 2.41. The van der Waals surface area contributed by atoms with Gasteiger partial charge in [-0.2, -0.15) is 13.2 Å². The first-order valence-corrected chi connectivity index (χ1v) is 7.02. The number of aliphatic hydroxyl groups excluding tert-OH is 1. The molecule has 6 heteroatoms. The molecule has 1 aromatic carbocycles. The predicted molar refractivity (Wildman–Crippen MR) is 76.4 cm³/mol. The Hall–Kier alpha value is -1.27. The Bertz CT molecular complexity index is 435.